The third kappa shape index (κ3) is 5.20. The molecule has 7 nitrogen and oxygen atoms in total. The number of thiocarbonyl (C=S) groups is 1. The van der Waals surface area contributed by atoms with Gasteiger partial charge in [0.15, 0.2) is 5.11 Å². The number of rotatable bonds is 8. The zero-order chi connectivity index (χ0) is 29.3. The summed E-state index contributed by atoms with van der Waals surface area (Å²) in [4.78, 5) is 19.0. The lowest BCUT2D eigenvalue weighted by Crippen LogP contribution is -2.29. The molecule has 8 heteroatoms. The summed E-state index contributed by atoms with van der Waals surface area (Å²) in [5, 5.41) is 7.10. The molecule has 1 aliphatic heterocycles. The number of nitrogens with one attached hydrogen (secondary N) is 2. The Kier molecular flexibility index (Phi) is 8.13. The molecule has 0 saturated carbocycles. The minimum absolute atomic E-state index is 0.0717. The molecule has 1 amide bonds. The first kappa shape index (κ1) is 28.4. The second-order valence-electron chi connectivity index (χ2n) is 10.4. The highest BCUT2D eigenvalue weighted by Gasteiger charge is 2.42. The van der Waals surface area contributed by atoms with Gasteiger partial charge in [-0.3, -0.25) is 9.78 Å². The molecule has 0 aliphatic carbocycles. The van der Waals surface area contributed by atoms with Crippen molar-refractivity contribution in [3.05, 3.63) is 101 Å². The molecule has 0 radical (unpaired) electrons. The van der Waals surface area contributed by atoms with Crippen molar-refractivity contribution >= 4 is 34.6 Å². The van der Waals surface area contributed by atoms with Crippen LogP contribution in [0.3, 0.4) is 0 Å². The van der Waals surface area contributed by atoms with Gasteiger partial charge in [0, 0.05) is 35.8 Å². The lowest BCUT2D eigenvalue weighted by Gasteiger charge is -2.29. The Hall–Kier alpha value is -4.17. The molecule has 2 N–H and O–H groups in total. The smallest absolute Gasteiger partial charge is 0.224 e. The first-order valence-electron chi connectivity index (χ1n) is 14.0. The van der Waals surface area contributed by atoms with Gasteiger partial charge in [-0.25, -0.2) is 0 Å². The highest BCUT2D eigenvalue weighted by Crippen LogP contribution is 2.45. The van der Waals surface area contributed by atoms with Gasteiger partial charge < -0.3 is 24.8 Å². The number of benzene rings is 2. The lowest BCUT2D eigenvalue weighted by molar-refractivity contribution is -0.115. The van der Waals surface area contributed by atoms with Crippen molar-refractivity contribution in [3.8, 4) is 11.4 Å². The van der Waals surface area contributed by atoms with Crippen molar-refractivity contribution in [2.45, 2.75) is 59.5 Å². The number of anilines is 2. The predicted molar refractivity (Wildman–Crippen MR) is 169 cm³/mol. The Bertz CT molecular complexity index is 1600. The van der Waals surface area contributed by atoms with E-state index in [9.17, 15) is 4.79 Å². The topological polar surface area (TPSA) is 71.4 Å². The van der Waals surface area contributed by atoms with Crippen molar-refractivity contribution < 1.29 is 9.53 Å². The molecule has 1 saturated heterocycles. The molecule has 0 unspecified atom stereocenters. The summed E-state index contributed by atoms with van der Waals surface area (Å²) < 4.78 is 8.08. The van der Waals surface area contributed by atoms with Crippen molar-refractivity contribution in [2.24, 2.45) is 0 Å². The highest BCUT2D eigenvalue weighted by molar-refractivity contribution is 7.80. The van der Waals surface area contributed by atoms with E-state index in [1.807, 2.05) is 49.5 Å². The standard InChI is InChI=1S/C33H37N5O2S/c1-7-23-13-11-12-20(3)31(23)37-21(4)18-25(22(37)5)32-30(27-14-9-10-17-34-27)36-33(41)38(32)24-15-16-26(28(19-24)40-6)35-29(39)8-2/h9-19,30,32H,7-8H2,1-6H3,(H,35,39)(H,36,41)/t30-,32-/m0/s1. The zero-order valence-corrected chi connectivity index (χ0v) is 25.3. The van der Waals surface area contributed by atoms with Crippen LogP contribution in [0.2, 0.25) is 0 Å². The van der Waals surface area contributed by atoms with Gasteiger partial charge in [-0.15, -0.1) is 0 Å². The minimum Gasteiger partial charge on any atom is -0.494 e. The van der Waals surface area contributed by atoms with Gasteiger partial charge in [0.25, 0.3) is 0 Å². The summed E-state index contributed by atoms with van der Waals surface area (Å²) in [6.07, 6.45) is 3.15. The summed E-state index contributed by atoms with van der Waals surface area (Å²) >= 11 is 5.98. The molecule has 2 atom stereocenters. The molecule has 212 valence electrons. The molecule has 1 fully saturated rings. The minimum atomic E-state index is -0.175. The van der Waals surface area contributed by atoms with Crippen LogP contribution >= 0.6 is 12.2 Å². The summed E-state index contributed by atoms with van der Waals surface area (Å²) in [5.41, 5.74) is 9.69. The molecule has 0 spiro atoms. The van der Waals surface area contributed by atoms with E-state index < -0.39 is 0 Å². The summed E-state index contributed by atoms with van der Waals surface area (Å²) in [5.74, 6) is 0.503. The predicted octanol–water partition coefficient (Wildman–Crippen LogP) is 6.89. The fraction of sp³-hybridized carbons (Fsp3) is 0.303. The molecule has 0 bridgehead atoms. The molecular formula is C33H37N5O2S. The van der Waals surface area contributed by atoms with Gasteiger partial charge in [-0.1, -0.05) is 38.1 Å². The largest absolute Gasteiger partial charge is 0.494 e. The number of nitrogens with zero attached hydrogens (tertiary/aromatic N) is 3. The van der Waals surface area contributed by atoms with Crippen molar-refractivity contribution in [2.75, 3.05) is 17.3 Å². The number of hydrogen-bond donors (Lipinski definition) is 2. The Labute approximate surface area is 247 Å². The van der Waals surface area contributed by atoms with Gasteiger partial charge in [0.05, 0.1) is 36.3 Å². The monoisotopic (exact) mass is 567 g/mol. The van der Waals surface area contributed by atoms with Gasteiger partial charge >= 0.3 is 0 Å². The number of pyridine rings is 1. The van der Waals surface area contributed by atoms with E-state index in [4.69, 9.17) is 21.9 Å². The van der Waals surface area contributed by atoms with E-state index in [1.165, 1.54) is 16.8 Å². The van der Waals surface area contributed by atoms with Gasteiger partial charge in [-0.05, 0) is 86.4 Å². The Balaban J connectivity index is 1.68. The van der Waals surface area contributed by atoms with Crippen LogP contribution < -0.4 is 20.3 Å². The van der Waals surface area contributed by atoms with Crippen LogP contribution in [0.25, 0.3) is 5.69 Å². The first-order chi connectivity index (χ1) is 19.8. The molecule has 2 aromatic heterocycles. The van der Waals surface area contributed by atoms with Crippen LogP contribution in [0.15, 0.2) is 66.9 Å². The maximum absolute atomic E-state index is 12.1. The number of carbonyl (C=O) groups is 1. The van der Waals surface area contributed by atoms with Crippen molar-refractivity contribution in [1.82, 2.24) is 14.9 Å². The Morgan fingerprint density at radius 3 is 2.56 bits per heavy atom. The number of aryl methyl sites for hydroxylation is 3. The number of ether oxygens (including phenoxy) is 1. The molecule has 41 heavy (non-hydrogen) atoms. The van der Waals surface area contributed by atoms with E-state index >= 15 is 0 Å². The summed E-state index contributed by atoms with van der Waals surface area (Å²) in [6, 6.07) is 20.2. The second kappa shape index (κ2) is 11.7. The lowest BCUT2D eigenvalue weighted by atomic mass is 9.96. The fourth-order valence-corrected chi connectivity index (χ4v) is 6.22. The van der Waals surface area contributed by atoms with Crippen LogP contribution in [-0.2, 0) is 11.2 Å². The fourth-order valence-electron chi connectivity index (χ4n) is 5.88. The SMILES string of the molecule is CCC(=O)Nc1ccc(N2C(=S)N[C@@H](c3ccccn3)[C@@H]2c2cc(C)n(-c3c(C)cccc3CC)c2C)cc1OC. The van der Waals surface area contributed by atoms with Crippen LogP contribution in [0, 0.1) is 20.8 Å². The second-order valence-corrected chi connectivity index (χ2v) is 10.8. The molecule has 2 aromatic carbocycles. The maximum Gasteiger partial charge on any atom is 0.224 e. The van der Waals surface area contributed by atoms with E-state index in [-0.39, 0.29) is 18.0 Å². The number of carbonyl (C=O) groups excluding carboxylic acids is 1. The van der Waals surface area contributed by atoms with E-state index in [0.717, 1.165) is 34.8 Å². The quantitative estimate of drug-likeness (QED) is 0.226. The van der Waals surface area contributed by atoms with E-state index in [2.05, 4.69) is 72.1 Å². The molecule has 5 rings (SSSR count). The maximum atomic E-state index is 12.1. The molecular weight excluding hydrogens is 530 g/mol. The third-order valence-electron chi connectivity index (χ3n) is 7.87. The molecule has 3 heterocycles. The van der Waals surface area contributed by atoms with Crippen LogP contribution in [0.4, 0.5) is 11.4 Å². The summed E-state index contributed by atoms with van der Waals surface area (Å²) in [7, 11) is 1.61. The van der Waals surface area contributed by atoms with Crippen molar-refractivity contribution in [3.63, 3.8) is 0 Å². The third-order valence-corrected chi connectivity index (χ3v) is 8.19. The number of para-hydroxylation sites is 1. The number of amides is 1. The number of methoxy groups -OCH3 is 1. The first-order valence-corrected chi connectivity index (χ1v) is 14.5. The van der Waals surface area contributed by atoms with Gasteiger partial charge in [0.1, 0.15) is 5.75 Å². The van der Waals surface area contributed by atoms with Gasteiger partial charge in [-0.2, -0.15) is 0 Å². The highest BCUT2D eigenvalue weighted by atomic mass is 32.1. The van der Waals surface area contributed by atoms with Crippen LogP contribution in [0.5, 0.6) is 5.75 Å². The molecule has 1 aliphatic rings. The van der Waals surface area contributed by atoms with Crippen LogP contribution in [-0.4, -0.2) is 27.7 Å². The van der Waals surface area contributed by atoms with E-state index in [1.54, 1.807) is 7.11 Å². The average molecular weight is 568 g/mol. The zero-order valence-electron chi connectivity index (χ0n) is 24.5. The van der Waals surface area contributed by atoms with Crippen molar-refractivity contribution in [1.29, 1.82) is 0 Å². The Morgan fingerprint density at radius 2 is 1.88 bits per heavy atom. The average Bonchev–Trinajstić information content (AvgIpc) is 3.48. The number of hydrogen-bond acceptors (Lipinski definition) is 4. The number of aromatic nitrogens is 2. The Morgan fingerprint density at radius 1 is 1.07 bits per heavy atom. The summed E-state index contributed by atoms with van der Waals surface area (Å²) in [6.45, 7) is 10.5. The molecule has 4 aromatic rings. The van der Waals surface area contributed by atoms with Gasteiger partial charge in [0.2, 0.25) is 5.91 Å². The normalized spacial score (nSPS) is 16.5. The van der Waals surface area contributed by atoms with Crippen LogP contribution in [0.1, 0.15) is 66.1 Å². The van der Waals surface area contributed by atoms with E-state index in [0.29, 0.717) is 23.0 Å².